The first-order valence-corrected chi connectivity index (χ1v) is 5.38. The molecule has 0 saturated carbocycles. The lowest BCUT2D eigenvalue weighted by atomic mass is 10.1. The summed E-state index contributed by atoms with van der Waals surface area (Å²) >= 11 is 0. The molecule has 0 saturated heterocycles. The van der Waals surface area contributed by atoms with Gasteiger partial charge in [-0.2, -0.15) is 5.26 Å². The number of rotatable bonds is 7. The summed E-state index contributed by atoms with van der Waals surface area (Å²) in [6, 6.07) is 2.01. The van der Waals surface area contributed by atoms with E-state index in [1.54, 1.807) is 7.11 Å². The number of nitriles is 1. The van der Waals surface area contributed by atoms with Crippen molar-refractivity contribution in [1.29, 1.82) is 5.26 Å². The van der Waals surface area contributed by atoms with E-state index in [1.165, 1.54) is 0 Å². The summed E-state index contributed by atoms with van der Waals surface area (Å²) in [6.45, 7) is 4.39. The van der Waals surface area contributed by atoms with E-state index in [-0.39, 0.29) is 11.9 Å². The maximum Gasteiger partial charge on any atom is 0.237 e. The van der Waals surface area contributed by atoms with E-state index in [9.17, 15) is 4.79 Å². The van der Waals surface area contributed by atoms with Crippen LogP contribution in [0.5, 0.6) is 0 Å². The largest absolute Gasteiger partial charge is 0.383 e. The number of hydrogen-bond acceptors (Lipinski definition) is 3. The average Bonchev–Trinajstić information content (AvgIpc) is 2.20. The minimum absolute atomic E-state index is 0.0231. The summed E-state index contributed by atoms with van der Waals surface area (Å²) in [4.78, 5) is 11.6. The smallest absolute Gasteiger partial charge is 0.237 e. The van der Waals surface area contributed by atoms with Crippen LogP contribution in [0.3, 0.4) is 0 Å². The van der Waals surface area contributed by atoms with Gasteiger partial charge >= 0.3 is 0 Å². The van der Waals surface area contributed by atoms with Crippen LogP contribution in [0, 0.1) is 17.2 Å². The average molecular weight is 212 g/mol. The molecule has 2 unspecified atom stereocenters. The molecule has 15 heavy (non-hydrogen) atoms. The van der Waals surface area contributed by atoms with Crippen molar-refractivity contribution in [3.05, 3.63) is 0 Å². The molecule has 0 rings (SSSR count). The van der Waals surface area contributed by atoms with Gasteiger partial charge in [0, 0.05) is 7.11 Å². The Morgan fingerprint density at radius 1 is 1.53 bits per heavy atom. The summed E-state index contributed by atoms with van der Waals surface area (Å²) in [6.07, 6.45) is 2.41. The van der Waals surface area contributed by atoms with Gasteiger partial charge in [0.2, 0.25) is 5.91 Å². The summed E-state index contributed by atoms with van der Waals surface area (Å²) < 4.78 is 5.01. The lowest BCUT2D eigenvalue weighted by molar-refractivity contribution is -0.124. The fourth-order valence-corrected chi connectivity index (χ4v) is 1.38. The molecule has 0 aromatic rings. The van der Waals surface area contributed by atoms with Gasteiger partial charge in [-0.05, 0) is 12.8 Å². The first kappa shape index (κ1) is 13.9. The van der Waals surface area contributed by atoms with Gasteiger partial charge in [-0.3, -0.25) is 4.79 Å². The predicted molar refractivity (Wildman–Crippen MR) is 58.1 cm³/mol. The molecule has 0 aliphatic heterocycles. The summed E-state index contributed by atoms with van der Waals surface area (Å²) in [5.41, 5.74) is 0. The maximum absolute atomic E-state index is 11.6. The molecule has 0 fully saturated rings. The lowest BCUT2D eigenvalue weighted by Gasteiger charge is -2.18. The van der Waals surface area contributed by atoms with Gasteiger partial charge in [0.05, 0.1) is 18.7 Å². The van der Waals surface area contributed by atoms with Crippen molar-refractivity contribution < 1.29 is 9.53 Å². The molecular formula is C11H20N2O2. The maximum atomic E-state index is 11.6. The minimum atomic E-state index is -0.541. The number of hydrogen-bond donors (Lipinski definition) is 1. The third-order valence-electron chi connectivity index (χ3n) is 2.23. The Labute approximate surface area is 91.6 Å². The van der Waals surface area contributed by atoms with E-state index in [0.29, 0.717) is 13.0 Å². The number of amides is 1. The van der Waals surface area contributed by atoms with E-state index >= 15 is 0 Å². The van der Waals surface area contributed by atoms with Gasteiger partial charge in [-0.1, -0.05) is 20.3 Å². The van der Waals surface area contributed by atoms with Gasteiger partial charge in [0.25, 0.3) is 0 Å². The molecule has 0 aromatic heterocycles. The van der Waals surface area contributed by atoms with Crippen LogP contribution in [-0.4, -0.2) is 25.7 Å². The molecule has 0 bridgehead atoms. The van der Waals surface area contributed by atoms with Gasteiger partial charge in [-0.25, -0.2) is 0 Å². The van der Waals surface area contributed by atoms with E-state index < -0.39 is 5.92 Å². The predicted octanol–water partition coefficient (Wildman–Crippen LogP) is 1.47. The molecule has 1 N–H and O–H groups in total. The van der Waals surface area contributed by atoms with Crippen molar-refractivity contribution >= 4 is 5.91 Å². The Kier molecular flexibility index (Phi) is 7.65. The summed E-state index contributed by atoms with van der Waals surface area (Å²) in [5, 5.41) is 11.6. The molecule has 0 aliphatic rings. The molecule has 1 amide bonds. The zero-order valence-electron chi connectivity index (χ0n) is 9.75. The van der Waals surface area contributed by atoms with Crippen molar-refractivity contribution in [1.82, 2.24) is 5.32 Å². The lowest BCUT2D eigenvalue weighted by Crippen LogP contribution is -2.40. The zero-order valence-corrected chi connectivity index (χ0v) is 9.75. The zero-order chi connectivity index (χ0) is 11.7. The fraction of sp³-hybridized carbons (Fsp3) is 0.818. The quantitative estimate of drug-likeness (QED) is 0.695. The van der Waals surface area contributed by atoms with Gasteiger partial charge in [-0.15, -0.1) is 0 Å². The van der Waals surface area contributed by atoms with Crippen LogP contribution in [0.25, 0.3) is 0 Å². The highest BCUT2D eigenvalue weighted by atomic mass is 16.5. The Bertz CT molecular complexity index is 217. The van der Waals surface area contributed by atoms with Crippen molar-refractivity contribution in [3.63, 3.8) is 0 Å². The Hall–Kier alpha value is -1.08. The molecule has 86 valence electrons. The highest BCUT2D eigenvalue weighted by molar-refractivity contribution is 5.81. The number of ether oxygens (including phenoxy) is 1. The number of carbonyl (C=O) groups is 1. The molecule has 0 aliphatic carbocycles. The highest BCUT2D eigenvalue weighted by Crippen LogP contribution is 2.03. The third kappa shape index (κ3) is 5.38. The Morgan fingerprint density at radius 2 is 2.20 bits per heavy atom. The van der Waals surface area contributed by atoms with Crippen LogP contribution in [0.15, 0.2) is 0 Å². The van der Waals surface area contributed by atoms with E-state index in [2.05, 4.69) is 12.2 Å². The topological polar surface area (TPSA) is 62.1 Å². The summed E-state index contributed by atoms with van der Waals surface area (Å²) in [7, 11) is 1.61. The molecule has 0 aromatic carbocycles. The molecule has 0 heterocycles. The molecule has 4 heteroatoms. The van der Waals surface area contributed by atoms with Crippen molar-refractivity contribution in [2.75, 3.05) is 13.7 Å². The molecule has 0 spiro atoms. The van der Waals surface area contributed by atoms with Gasteiger partial charge in [0.15, 0.2) is 0 Å². The minimum Gasteiger partial charge on any atom is -0.383 e. The summed E-state index contributed by atoms with van der Waals surface area (Å²) in [5.74, 6) is -0.725. The first-order valence-electron chi connectivity index (χ1n) is 5.38. The highest BCUT2D eigenvalue weighted by Gasteiger charge is 2.18. The van der Waals surface area contributed by atoms with E-state index in [1.807, 2.05) is 13.0 Å². The molecule has 4 nitrogen and oxygen atoms in total. The van der Waals surface area contributed by atoms with Crippen molar-refractivity contribution in [2.24, 2.45) is 5.92 Å². The third-order valence-corrected chi connectivity index (χ3v) is 2.23. The SMILES string of the molecule is CCCC(COC)NC(=O)C(C#N)CC. The van der Waals surface area contributed by atoms with Crippen LogP contribution in [0.2, 0.25) is 0 Å². The second-order valence-electron chi connectivity index (χ2n) is 3.54. The standard InChI is InChI=1S/C11H20N2O2/c1-4-6-10(8-15-3)13-11(14)9(5-2)7-12/h9-10H,4-6,8H2,1-3H3,(H,13,14). The molecule has 2 atom stereocenters. The van der Waals surface area contributed by atoms with E-state index in [0.717, 1.165) is 12.8 Å². The van der Waals surface area contributed by atoms with Crippen LogP contribution < -0.4 is 5.32 Å². The number of carbonyl (C=O) groups excluding carboxylic acids is 1. The fourth-order valence-electron chi connectivity index (χ4n) is 1.38. The number of nitrogens with zero attached hydrogens (tertiary/aromatic N) is 1. The van der Waals surface area contributed by atoms with Gasteiger partial charge < -0.3 is 10.1 Å². The second kappa shape index (κ2) is 8.25. The normalized spacial score (nSPS) is 14.0. The van der Waals surface area contributed by atoms with Crippen LogP contribution in [0.1, 0.15) is 33.1 Å². The Morgan fingerprint density at radius 3 is 2.60 bits per heavy atom. The van der Waals surface area contributed by atoms with Crippen LogP contribution >= 0.6 is 0 Å². The van der Waals surface area contributed by atoms with Gasteiger partial charge in [0.1, 0.15) is 5.92 Å². The van der Waals surface area contributed by atoms with Crippen LogP contribution in [-0.2, 0) is 9.53 Å². The monoisotopic (exact) mass is 212 g/mol. The number of methoxy groups -OCH3 is 1. The Balaban J connectivity index is 4.15. The van der Waals surface area contributed by atoms with E-state index in [4.69, 9.17) is 10.00 Å². The first-order chi connectivity index (χ1) is 7.19. The van der Waals surface area contributed by atoms with Crippen molar-refractivity contribution in [2.45, 2.75) is 39.2 Å². The second-order valence-corrected chi connectivity index (χ2v) is 3.54. The molecular weight excluding hydrogens is 192 g/mol. The number of nitrogens with one attached hydrogen (secondary N) is 1. The van der Waals surface area contributed by atoms with Crippen LogP contribution in [0.4, 0.5) is 0 Å². The molecule has 0 radical (unpaired) electrons. The van der Waals surface area contributed by atoms with Crippen molar-refractivity contribution in [3.8, 4) is 6.07 Å².